The van der Waals surface area contributed by atoms with Crippen LogP contribution in [0.4, 0.5) is 5.69 Å². The Morgan fingerprint density at radius 3 is 2.85 bits per heavy atom. The Bertz CT molecular complexity index is 925. The molecule has 0 spiro atoms. The van der Waals surface area contributed by atoms with Gasteiger partial charge in [0.15, 0.2) is 0 Å². The lowest BCUT2D eigenvalue weighted by atomic mass is 10.1. The minimum absolute atomic E-state index is 0.246. The molecule has 26 heavy (non-hydrogen) atoms. The third-order valence-electron chi connectivity index (χ3n) is 4.87. The highest BCUT2D eigenvalue weighted by Gasteiger charge is 2.20. The summed E-state index contributed by atoms with van der Waals surface area (Å²) < 4.78 is 11.3. The predicted octanol–water partition coefficient (Wildman–Crippen LogP) is 4.90. The molecule has 1 aliphatic rings. The number of nitrogens with one attached hydrogen (secondary N) is 1. The molecule has 1 N–H and O–H groups in total. The Balaban J connectivity index is 1.62. The summed E-state index contributed by atoms with van der Waals surface area (Å²) in [5.74, 6) is 1.80. The van der Waals surface area contributed by atoms with Gasteiger partial charge >= 0.3 is 0 Å². The highest BCUT2D eigenvalue weighted by Crippen LogP contribution is 2.36. The van der Waals surface area contributed by atoms with E-state index < -0.39 is 0 Å². The fraction of sp³-hybridized carbons (Fsp3) is 0.400. The van der Waals surface area contributed by atoms with Gasteiger partial charge in [0.05, 0.1) is 28.6 Å². The summed E-state index contributed by atoms with van der Waals surface area (Å²) in [6.07, 6.45) is 2.01. The van der Waals surface area contributed by atoms with Crippen molar-refractivity contribution in [3.05, 3.63) is 45.1 Å². The third kappa shape index (κ3) is 3.09. The summed E-state index contributed by atoms with van der Waals surface area (Å²) in [5, 5.41) is 8.61. The molecule has 1 aromatic carbocycles. The Kier molecular flexibility index (Phi) is 4.44. The maximum Gasteiger partial charge on any atom is 0.142 e. The van der Waals surface area contributed by atoms with E-state index in [4.69, 9.17) is 14.2 Å². The first-order chi connectivity index (χ1) is 12.5. The Labute approximate surface area is 157 Å². The van der Waals surface area contributed by atoms with Crippen molar-refractivity contribution in [3.63, 3.8) is 0 Å². The molecule has 0 amide bonds. The number of rotatable bonds is 4. The lowest BCUT2D eigenvalue weighted by molar-refractivity contribution is 0.202. The van der Waals surface area contributed by atoms with E-state index in [1.807, 2.05) is 19.9 Å². The van der Waals surface area contributed by atoms with E-state index in [2.05, 4.69) is 36.5 Å². The van der Waals surface area contributed by atoms with Gasteiger partial charge in [-0.3, -0.25) is 0 Å². The van der Waals surface area contributed by atoms with E-state index in [0.29, 0.717) is 0 Å². The van der Waals surface area contributed by atoms with Crippen molar-refractivity contribution in [2.24, 2.45) is 0 Å². The Morgan fingerprint density at radius 2 is 2.12 bits per heavy atom. The molecule has 5 nitrogen and oxygen atoms in total. The first kappa shape index (κ1) is 17.1. The molecule has 1 unspecified atom stereocenters. The summed E-state index contributed by atoms with van der Waals surface area (Å²) in [6, 6.07) is 6.29. The number of aromatic nitrogens is 2. The summed E-state index contributed by atoms with van der Waals surface area (Å²) >= 11 is 1.73. The van der Waals surface area contributed by atoms with E-state index >= 15 is 0 Å². The van der Waals surface area contributed by atoms with E-state index in [9.17, 15) is 0 Å². The van der Waals surface area contributed by atoms with Crippen LogP contribution in [0.3, 0.4) is 0 Å². The van der Waals surface area contributed by atoms with E-state index in [1.54, 1.807) is 11.3 Å². The maximum atomic E-state index is 6.01. The number of nitrogens with zero attached hydrogens (tertiary/aromatic N) is 2. The smallest absolute Gasteiger partial charge is 0.142 e. The van der Waals surface area contributed by atoms with Gasteiger partial charge in [-0.05, 0) is 45.4 Å². The Morgan fingerprint density at radius 1 is 1.27 bits per heavy atom. The molecule has 0 bridgehead atoms. The molecule has 6 heteroatoms. The lowest BCUT2D eigenvalue weighted by Crippen LogP contribution is -2.29. The van der Waals surface area contributed by atoms with Crippen molar-refractivity contribution in [3.8, 4) is 17.0 Å². The van der Waals surface area contributed by atoms with Crippen LogP contribution in [0.5, 0.6) is 5.75 Å². The summed E-state index contributed by atoms with van der Waals surface area (Å²) in [6.45, 7) is 9.05. The average Bonchev–Trinajstić information content (AvgIpc) is 3.17. The molecule has 3 heterocycles. The molecule has 2 aromatic heterocycles. The second-order valence-corrected chi connectivity index (χ2v) is 8.02. The lowest BCUT2D eigenvalue weighted by Gasteiger charge is -2.26. The molecule has 0 aliphatic carbocycles. The first-order valence-electron chi connectivity index (χ1n) is 8.98. The van der Waals surface area contributed by atoms with Gasteiger partial charge in [0, 0.05) is 22.4 Å². The minimum Gasteiger partial charge on any atom is -0.486 e. The number of hydrogen-bond acceptors (Lipinski definition) is 6. The molecule has 0 saturated carbocycles. The zero-order valence-corrected chi connectivity index (χ0v) is 16.4. The molecular formula is C20H23N3O2S. The van der Waals surface area contributed by atoms with Gasteiger partial charge in [0.1, 0.15) is 17.6 Å². The van der Waals surface area contributed by atoms with Crippen molar-refractivity contribution in [2.75, 3.05) is 11.9 Å². The first-order valence-corrected chi connectivity index (χ1v) is 9.79. The van der Waals surface area contributed by atoms with E-state index in [1.165, 1.54) is 4.88 Å². The number of aryl methyl sites for hydroxylation is 3. The molecule has 1 aliphatic heterocycles. The topological polar surface area (TPSA) is 60.2 Å². The molecule has 136 valence electrons. The highest BCUT2D eigenvalue weighted by molar-refractivity contribution is 7.12. The van der Waals surface area contributed by atoms with Gasteiger partial charge in [0.25, 0.3) is 0 Å². The minimum atomic E-state index is 0.246. The standard InChI is InChI=1S/C20H23N3O2S/c1-5-15-10-21-17-8-14(6-7-18(17)24-15)20-13(4)26-19(22-20)9-16-11(2)23-25-12(16)3/h6-8,15,21H,5,9-10H2,1-4H3. The van der Waals surface area contributed by atoms with Crippen LogP contribution in [0.25, 0.3) is 11.3 Å². The van der Waals surface area contributed by atoms with Gasteiger partial charge in [-0.15, -0.1) is 11.3 Å². The molecule has 0 radical (unpaired) electrons. The summed E-state index contributed by atoms with van der Waals surface area (Å²) in [5.41, 5.74) is 5.29. The normalized spacial score (nSPS) is 16.1. The molecule has 1 atom stereocenters. The van der Waals surface area contributed by atoms with Crippen LogP contribution >= 0.6 is 11.3 Å². The van der Waals surface area contributed by atoms with Crippen molar-refractivity contribution >= 4 is 17.0 Å². The fourth-order valence-electron chi connectivity index (χ4n) is 3.29. The van der Waals surface area contributed by atoms with Crippen LogP contribution in [0, 0.1) is 20.8 Å². The summed E-state index contributed by atoms with van der Waals surface area (Å²) in [4.78, 5) is 6.12. The molecule has 3 aromatic rings. The van der Waals surface area contributed by atoms with Crippen molar-refractivity contribution in [1.82, 2.24) is 10.1 Å². The van der Waals surface area contributed by atoms with Crippen LogP contribution in [0.2, 0.25) is 0 Å². The van der Waals surface area contributed by atoms with Crippen LogP contribution in [0.1, 0.15) is 40.2 Å². The SMILES string of the molecule is CCC1CNc2cc(-c3nc(Cc4c(C)noc4C)sc3C)ccc2O1. The molecular weight excluding hydrogens is 346 g/mol. The number of anilines is 1. The van der Waals surface area contributed by atoms with Crippen molar-refractivity contribution in [2.45, 2.75) is 46.6 Å². The maximum absolute atomic E-state index is 6.01. The van der Waals surface area contributed by atoms with Crippen LogP contribution in [0.15, 0.2) is 22.7 Å². The second-order valence-electron chi connectivity index (χ2n) is 6.73. The quantitative estimate of drug-likeness (QED) is 0.709. The zero-order chi connectivity index (χ0) is 18.3. The predicted molar refractivity (Wildman–Crippen MR) is 104 cm³/mol. The van der Waals surface area contributed by atoms with Crippen LogP contribution in [-0.2, 0) is 6.42 Å². The summed E-state index contributed by atoms with van der Waals surface area (Å²) in [7, 11) is 0. The van der Waals surface area contributed by atoms with Gasteiger partial charge in [0.2, 0.25) is 0 Å². The van der Waals surface area contributed by atoms with Gasteiger partial charge in [-0.25, -0.2) is 4.98 Å². The zero-order valence-electron chi connectivity index (χ0n) is 15.5. The van der Waals surface area contributed by atoms with Gasteiger partial charge < -0.3 is 14.6 Å². The largest absolute Gasteiger partial charge is 0.486 e. The average molecular weight is 369 g/mol. The monoisotopic (exact) mass is 369 g/mol. The molecule has 0 fully saturated rings. The highest BCUT2D eigenvalue weighted by atomic mass is 32.1. The van der Waals surface area contributed by atoms with Crippen molar-refractivity contribution < 1.29 is 9.26 Å². The number of thiazole rings is 1. The molecule has 0 saturated heterocycles. The van der Waals surface area contributed by atoms with Crippen LogP contribution < -0.4 is 10.1 Å². The van der Waals surface area contributed by atoms with E-state index in [-0.39, 0.29) is 6.10 Å². The third-order valence-corrected chi connectivity index (χ3v) is 5.84. The number of fused-ring (bicyclic) bond motifs is 1. The number of hydrogen-bond donors (Lipinski definition) is 1. The number of benzene rings is 1. The van der Waals surface area contributed by atoms with Gasteiger partial charge in [-0.2, -0.15) is 0 Å². The second kappa shape index (κ2) is 6.76. The fourth-order valence-corrected chi connectivity index (χ4v) is 4.26. The number of ether oxygens (including phenoxy) is 1. The Hall–Kier alpha value is -2.34. The van der Waals surface area contributed by atoms with Crippen molar-refractivity contribution in [1.29, 1.82) is 0 Å². The van der Waals surface area contributed by atoms with Crippen LogP contribution in [-0.4, -0.2) is 22.8 Å². The molecule has 4 rings (SSSR count). The van der Waals surface area contributed by atoms with Gasteiger partial charge in [-0.1, -0.05) is 12.1 Å². The van der Waals surface area contributed by atoms with E-state index in [0.717, 1.165) is 64.1 Å².